The molecule has 3 rings (SSSR count). The number of thiophene rings is 1. The molecule has 0 atom stereocenters. The van der Waals surface area contributed by atoms with Gasteiger partial charge in [-0.15, -0.1) is 11.3 Å². The van der Waals surface area contributed by atoms with Crippen molar-refractivity contribution in [2.45, 2.75) is 6.92 Å². The van der Waals surface area contributed by atoms with Gasteiger partial charge < -0.3 is 15.6 Å². The van der Waals surface area contributed by atoms with E-state index in [4.69, 9.17) is 5.73 Å². The molecule has 0 amide bonds. The molecular formula is C15H11N2NaO2S. The second-order valence-corrected chi connectivity index (χ2v) is 5.50. The quantitative estimate of drug-likeness (QED) is 0.630. The third kappa shape index (κ3) is 2.82. The first kappa shape index (κ1) is 16.0. The maximum absolute atomic E-state index is 11.0. The standard InChI is InChI=1S/C15H12N2O2S.Na/c1-8-7-10(9-5-3-2-4-6-9)17-14-11(8)12(16)13(20-14)15(18)19;/h2-7H,16H2,1H3,(H,18,19);/q;+1/p-1. The third-order valence-corrected chi connectivity index (χ3v) is 4.23. The van der Waals surface area contributed by atoms with E-state index in [2.05, 4.69) is 4.98 Å². The second kappa shape index (κ2) is 6.15. The molecular weight excluding hydrogens is 295 g/mol. The number of hydrogen-bond acceptors (Lipinski definition) is 5. The second-order valence-electron chi connectivity index (χ2n) is 4.50. The summed E-state index contributed by atoms with van der Waals surface area (Å²) in [5.41, 5.74) is 8.83. The molecule has 2 heterocycles. The summed E-state index contributed by atoms with van der Waals surface area (Å²) in [4.78, 5) is 16.2. The molecule has 0 aliphatic rings. The number of benzene rings is 1. The van der Waals surface area contributed by atoms with E-state index < -0.39 is 5.97 Å². The summed E-state index contributed by atoms with van der Waals surface area (Å²) in [7, 11) is 0. The van der Waals surface area contributed by atoms with Gasteiger partial charge in [-0.3, -0.25) is 0 Å². The van der Waals surface area contributed by atoms with Crippen LogP contribution in [0.4, 0.5) is 5.69 Å². The van der Waals surface area contributed by atoms with Crippen molar-refractivity contribution in [3.8, 4) is 11.3 Å². The Morgan fingerprint density at radius 3 is 2.57 bits per heavy atom. The first-order valence-electron chi connectivity index (χ1n) is 6.04. The van der Waals surface area contributed by atoms with Crippen LogP contribution in [0.1, 0.15) is 15.2 Å². The largest absolute Gasteiger partial charge is 1.00 e. The molecule has 1 aromatic carbocycles. The van der Waals surface area contributed by atoms with Gasteiger partial charge in [0.25, 0.3) is 0 Å². The molecule has 0 aliphatic carbocycles. The van der Waals surface area contributed by atoms with Crippen molar-refractivity contribution in [2.75, 3.05) is 5.73 Å². The van der Waals surface area contributed by atoms with E-state index in [-0.39, 0.29) is 40.1 Å². The van der Waals surface area contributed by atoms with E-state index in [1.165, 1.54) is 0 Å². The number of nitrogens with zero attached hydrogens (tertiary/aromatic N) is 1. The molecule has 0 spiro atoms. The Morgan fingerprint density at radius 2 is 1.95 bits per heavy atom. The Labute approximate surface area is 147 Å². The van der Waals surface area contributed by atoms with Crippen LogP contribution in [0, 0.1) is 6.92 Å². The molecule has 0 unspecified atom stereocenters. The summed E-state index contributed by atoms with van der Waals surface area (Å²) in [6.07, 6.45) is 0. The van der Waals surface area contributed by atoms with Crippen LogP contribution in [-0.2, 0) is 0 Å². The zero-order chi connectivity index (χ0) is 14.3. The van der Waals surface area contributed by atoms with Crippen molar-refractivity contribution in [3.63, 3.8) is 0 Å². The molecule has 0 aliphatic heterocycles. The van der Waals surface area contributed by atoms with E-state index in [9.17, 15) is 9.90 Å². The number of carbonyl (C=O) groups excluding carboxylic acids is 1. The molecule has 3 aromatic rings. The predicted molar refractivity (Wildman–Crippen MR) is 78.5 cm³/mol. The van der Waals surface area contributed by atoms with Crippen LogP contribution in [0.2, 0.25) is 0 Å². The van der Waals surface area contributed by atoms with E-state index >= 15 is 0 Å². The van der Waals surface area contributed by atoms with Crippen molar-refractivity contribution in [2.24, 2.45) is 0 Å². The number of aromatic carboxylic acids is 1. The van der Waals surface area contributed by atoms with Gasteiger partial charge >= 0.3 is 29.6 Å². The van der Waals surface area contributed by atoms with Gasteiger partial charge in [0.2, 0.25) is 0 Å². The average Bonchev–Trinajstić information content (AvgIpc) is 2.77. The van der Waals surface area contributed by atoms with Crippen molar-refractivity contribution in [1.29, 1.82) is 0 Å². The fourth-order valence-electron chi connectivity index (χ4n) is 2.22. The van der Waals surface area contributed by atoms with Gasteiger partial charge in [0.15, 0.2) is 0 Å². The van der Waals surface area contributed by atoms with Crippen LogP contribution in [0.3, 0.4) is 0 Å². The van der Waals surface area contributed by atoms with Crippen LogP contribution in [0.25, 0.3) is 21.5 Å². The number of anilines is 1. The topological polar surface area (TPSA) is 79.0 Å². The fourth-order valence-corrected chi connectivity index (χ4v) is 3.22. The maximum Gasteiger partial charge on any atom is 1.00 e. The normalized spacial score (nSPS) is 10.3. The Balaban J connectivity index is 0.00000161. The first-order valence-corrected chi connectivity index (χ1v) is 6.86. The molecule has 0 saturated carbocycles. The van der Waals surface area contributed by atoms with Crippen molar-refractivity contribution in [3.05, 3.63) is 46.8 Å². The molecule has 0 bridgehead atoms. The average molecular weight is 306 g/mol. The summed E-state index contributed by atoms with van der Waals surface area (Å²) in [5.74, 6) is -1.26. The van der Waals surface area contributed by atoms with Gasteiger partial charge in [-0.25, -0.2) is 4.98 Å². The minimum atomic E-state index is -1.26. The Bertz CT molecular complexity index is 815. The smallest absolute Gasteiger partial charge is 0.544 e. The van der Waals surface area contributed by atoms with Crippen LogP contribution in [-0.4, -0.2) is 11.0 Å². The van der Waals surface area contributed by atoms with E-state index in [1.54, 1.807) is 0 Å². The molecule has 2 aromatic heterocycles. The number of pyridine rings is 1. The molecule has 4 nitrogen and oxygen atoms in total. The number of rotatable bonds is 2. The van der Waals surface area contributed by atoms with Crippen molar-refractivity contribution >= 4 is 33.2 Å². The maximum atomic E-state index is 11.0. The predicted octanol–water partition coefficient (Wildman–Crippen LogP) is -0.779. The number of nitrogen functional groups attached to an aromatic ring is 1. The van der Waals surface area contributed by atoms with Crippen LogP contribution in [0.5, 0.6) is 0 Å². The van der Waals surface area contributed by atoms with Gasteiger partial charge in [0, 0.05) is 10.9 Å². The summed E-state index contributed by atoms with van der Waals surface area (Å²) >= 11 is 1.06. The molecule has 21 heavy (non-hydrogen) atoms. The number of carboxylic acids is 1. The monoisotopic (exact) mass is 306 g/mol. The number of carboxylic acid groups (broad SMARTS) is 1. The van der Waals surface area contributed by atoms with Gasteiger partial charge in [-0.05, 0) is 18.6 Å². The Morgan fingerprint density at radius 1 is 1.29 bits per heavy atom. The van der Waals surface area contributed by atoms with Crippen LogP contribution in [0.15, 0.2) is 36.4 Å². The molecule has 2 N–H and O–H groups in total. The minimum absolute atomic E-state index is 0. The van der Waals surface area contributed by atoms with Gasteiger partial charge in [0.05, 0.1) is 22.2 Å². The summed E-state index contributed by atoms with van der Waals surface area (Å²) in [6.45, 7) is 1.90. The molecule has 0 saturated heterocycles. The third-order valence-electron chi connectivity index (χ3n) is 3.15. The van der Waals surface area contributed by atoms with Gasteiger partial charge in [-0.2, -0.15) is 0 Å². The Kier molecular flexibility index (Phi) is 4.68. The van der Waals surface area contributed by atoms with E-state index in [1.807, 2.05) is 43.3 Å². The molecule has 100 valence electrons. The fraction of sp³-hybridized carbons (Fsp3) is 0.0667. The van der Waals surface area contributed by atoms with E-state index in [0.717, 1.165) is 28.2 Å². The SMILES string of the molecule is Cc1cc(-c2ccccc2)nc2sc(C(=O)[O-])c(N)c12.[Na+]. The van der Waals surface area contributed by atoms with Crippen LogP contribution < -0.4 is 40.4 Å². The number of nitrogens with two attached hydrogens (primary N) is 1. The number of fused-ring (bicyclic) bond motifs is 1. The Hall–Kier alpha value is -1.40. The summed E-state index contributed by atoms with van der Waals surface area (Å²) in [6, 6.07) is 11.7. The van der Waals surface area contributed by atoms with Gasteiger partial charge in [0.1, 0.15) is 4.83 Å². The van der Waals surface area contributed by atoms with Crippen molar-refractivity contribution < 1.29 is 39.5 Å². The van der Waals surface area contributed by atoms with Crippen LogP contribution >= 0.6 is 11.3 Å². The summed E-state index contributed by atoms with van der Waals surface area (Å²) in [5, 5.41) is 11.8. The molecule has 0 radical (unpaired) electrons. The number of carbonyl (C=O) groups is 1. The summed E-state index contributed by atoms with van der Waals surface area (Å²) < 4.78 is 0. The zero-order valence-electron chi connectivity index (χ0n) is 11.7. The minimum Gasteiger partial charge on any atom is -0.544 e. The molecule has 0 fully saturated rings. The van der Waals surface area contributed by atoms with Crippen molar-refractivity contribution in [1.82, 2.24) is 4.98 Å². The zero-order valence-corrected chi connectivity index (χ0v) is 14.5. The number of aromatic nitrogens is 1. The molecule has 6 heteroatoms. The van der Waals surface area contributed by atoms with E-state index in [0.29, 0.717) is 10.2 Å². The number of hydrogen-bond donors (Lipinski definition) is 1. The number of aryl methyl sites for hydroxylation is 1. The first-order chi connectivity index (χ1) is 9.58. The van der Waals surface area contributed by atoms with Gasteiger partial charge in [-0.1, -0.05) is 30.3 Å².